The molecule has 0 N–H and O–H groups in total. The summed E-state index contributed by atoms with van der Waals surface area (Å²) in [5.74, 6) is 0.345. The standard InChI is InChI=1S/C16H25NO2/c1-6-13-11-14(17(4)5)7-8-15(13)16(18)19-10-9-12(2)3/h7-8,11-12H,6,9-10H2,1-5H3. The highest BCUT2D eigenvalue weighted by atomic mass is 16.5. The number of anilines is 1. The SMILES string of the molecule is CCc1cc(N(C)C)ccc1C(=O)OCCC(C)C. The second-order valence-corrected chi connectivity index (χ2v) is 5.41. The summed E-state index contributed by atoms with van der Waals surface area (Å²) in [4.78, 5) is 14.1. The monoisotopic (exact) mass is 263 g/mol. The van der Waals surface area contributed by atoms with E-state index in [2.05, 4.69) is 26.8 Å². The minimum atomic E-state index is -0.206. The van der Waals surface area contributed by atoms with Crippen LogP contribution < -0.4 is 4.90 Å². The average Bonchev–Trinajstić information content (AvgIpc) is 2.37. The molecule has 0 aliphatic heterocycles. The summed E-state index contributed by atoms with van der Waals surface area (Å²) in [5.41, 5.74) is 2.84. The molecule has 0 amide bonds. The van der Waals surface area contributed by atoms with Crippen LogP contribution in [0.5, 0.6) is 0 Å². The summed E-state index contributed by atoms with van der Waals surface area (Å²) in [5, 5.41) is 0. The maximum absolute atomic E-state index is 12.1. The zero-order valence-corrected chi connectivity index (χ0v) is 12.7. The van der Waals surface area contributed by atoms with Crippen molar-refractivity contribution in [2.45, 2.75) is 33.6 Å². The molecule has 0 atom stereocenters. The molecule has 1 aromatic rings. The maximum atomic E-state index is 12.1. The minimum absolute atomic E-state index is 0.206. The van der Waals surface area contributed by atoms with Crippen LogP contribution in [-0.2, 0) is 11.2 Å². The van der Waals surface area contributed by atoms with E-state index in [1.807, 2.05) is 31.1 Å². The van der Waals surface area contributed by atoms with Crippen LogP contribution in [0.2, 0.25) is 0 Å². The molecule has 0 fully saturated rings. The Balaban J connectivity index is 2.79. The quantitative estimate of drug-likeness (QED) is 0.735. The van der Waals surface area contributed by atoms with Gasteiger partial charge in [0.25, 0.3) is 0 Å². The van der Waals surface area contributed by atoms with Crippen molar-refractivity contribution in [3.63, 3.8) is 0 Å². The molecule has 0 aliphatic rings. The van der Waals surface area contributed by atoms with E-state index in [1.54, 1.807) is 0 Å². The van der Waals surface area contributed by atoms with E-state index in [4.69, 9.17) is 4.74 Å². The van der Waals surface area contributed by atoms with Crippen molar-refractivity contribution < 1.29 is 9.53 Å². The average molecular weight is 263 g/mol. The van der Waals surface area contributed by atoms with Crippen LogP contribution in [0.25, 0.3) is 0 Å². The van der Waals surface area contributed by atoms with Crippen LogP contribution in [0.15, 0.2) is 18.2 Å². The fourth-order valence-electron chi connectivity index (χ4n) is 1.82. The lowest BCUT2D eigenvalue weighted by molar-refractivity contribution is 0.0487. The molecule has 0 saturated heterocycles. The van der Waals surface area contributed by atoms with E-state index < -0.39 is 0 Å². The molecule has 0 bridgehead atoms. The zero-order chi connectivity index (χ0) is 14.4. The summed E-state index contributed by atoms with van der Waals surface area (Å²) < 4.78 is 5.33. The number of hydrogen-bond donors (Lipinski definition) is 0. The largest absolute Gasteiger partial charge is 0.462 e. The van der Waals surface area contributed by atoms with Gasteiger partial charge in [-0.2, -0.15) is 0 Å². The second-order valence-electron chi connectivity index (χ2n) is 5.41. The van der Waals surface area contributed by atoms with E-state index in [0.29, 0.717) is 18.1 Å². The first-order valence-corrected chi connectivity index (χ1v) is 6.93. The van der Waals surface area contributed by atoms with Crippen molar-refractivity contribution in [3.8, 4) is 0 Å². The fraction of sp³-hybridized carbons (Fsp3) is 0.562. The number of benzene rings is 1. The number of hydrogen-bond acceptors (Lipinski definition) is 3. The molecule has 0 heterocycles. The highest BCUT2D eigenvalue weighted by molar-refractivity contribution is 5.91. The smallest absolute Gasteiger partial charge is 0.338 e. The van der Waals surface area contributed by atoms with Gasteiger partial charge in [-0.25, -0.2) is 4.79 Å². The number of rotatable bonds is 6. The molecule has 0 spiro atoms. The van der Waals surface area contributed by atoms with Gasteiger partial charge < -0.3 is 9.64 Å². The van der Waals surface area contributed by atoms with Crippen molar-refractivity contribution in [3.05, 3.63) is 29.3 Å². The Kier molecular flexibility index (Phi) is 5.87. The van der Waals surface area contributed by atoms with Crippen molar-refractivity contribution in [1.29, 1.82) is 0 Å². The molecule has 0 radical (unpaired) electrons. The van der Waals surface area contributed by atoms with E-state index in [9.17, 15) is 4.79 Å². The molecule has 0 unspecified atom stereocenters. The summed E-state index contributed by atoms with van der Waals surface area (Å²) in [7, 11) is 3.99. The third-order valence-electron chi connectivity index (χ3n) is 3.13. The molecule has 3 heteroatoms. The summed E-state index contributed by atoms with van der Waals surface area (Å²) in [6.07, 6.45) is 1.74. The molecule has 0 aromatic heterocycles. The highest BCUT2D eigenvalue weighted by Crippen LogP contribution is 2.19. The van der Waals surface area contributed by atoms with E-state index in [1.165, 1.54) is 0 Å². The third kappa shape index (κ3) is 4.58. The molecule has 3 nitrogen and oxygen atoms in total. The Labute approximate surface area is 116 Å². The Morgan fingerprint density at radius 2 is 2.00 bits per heavy atom. The maximum Gasteiger partial charge on any atom is 0.338 e. The molecule has 0 saturated carbocycles. The van der Waals surface area contributed by atoms with Crippen molar-refractivity contribution in [1.82, 2.24) is 0 Å². The number of esters is 1. The van der Waals surface area contributed by atoms with Crippen LogP contribution in [0, 0.1) is 5.92 Å². The van der Waals surface area contributed by atoms with Gasteiger partial charge in [0.1, 0.15) is 0 Å². The van der Waals surface area contributed by atoms with Gasteiger partial charge in [-0.3, -0.25) is 0 Å². The van der Waals surface area contributed by atoms with Crippen molar-refractivity contribution in [2.24, 2.45) is 5.92 Å². The van der Waals surface area contributed by atoms with Gasteiger partial charge in [-0.05, 0) is 42.5 Å². The summed E-state index contributed by atoms with van der Waals surface area (Å²) >= 11 is 0. The lowest BCUT2D eigenvalue weighted by atomic mass is 10.0. The lowest BCUT2D eigenvalue weighted by Gasteiger charge is -2.16. The number of carbonyl (C=O) groups is 1. The van der Waals surface area contributed by atoms with Gasteiger partial charge in [0.15, 0.2) is 0 Å². The van der Waals surface area contributed by atoms with Crippen LogP contribution in [0.3, 0.4) is 0 Å². The van der Waals surface area contributed by atoms with E-state index in [-0.39, 0.29) is 5.97 Å². The van der Waals surface area contributed by atoms with Gasteiger partial charge >= 0.3 is 5.97 Å². The molecule has 0 aliphatic carbocycles. The number of carbonyl (C=O) groups excluding carboxylic acids is 1. The molecule has 19 heavy (non-hydrogen) atoms. The molecule has 106 valence electrons. The van der Waals surface area contributed by atoms with E-state index >= 15 is 0 Å². The van der Waals surface area contributed by atoms with Gasteiger partial charge in [0.05, 0.1) is 12.2 Å². The number of aryl methyl sites for hydroxylation is 1. The Hall–Kier alpha value is -1.51. The van der Waals surface area contributed by atoms with Crippen LogP contribution in [0.1, 0.15) is 43.1 Å². The first-order valence-electron chi connectivity index (χ1n) is 6.93. The van der Waals surface area contributed by atoms with Gasteiger partial charge in [-0.1, -0.05) is 20.8 Å². The third-order valence-corrected chi connectivity index (χ3v) is 3.13. The minimum Gasteiger partial charge on any atom is -0.462 e. The van der Waals surface area contributed by atoms with Gasteiger partial charge in [0, 0.05) is 19.8 Å². The van der Waals surface area contributed by atoms with Crippen LogP contribution in [-0.4, -0.2) is 26.7 Å². The summed E-state index contributed by atoms with van der Waals surface area (Å²) in [6.45, 7) is 6.79. The van der Waals surface area contributed by atoms with Crippen LogP contribution in [0.4, 0.5) is 5.69 Å². The van der Waals surface area contributed by atoms with Crippen LogP contribution >= 0.6 is 0 Å². The van der Waals surface area contributed by atoms with E-state index in [0.717, 1.165) is 24.1 Å². The Bertz CT molecular complexity index is 425. The number of ether oxygens (including phenoxy) is 1. The van der Waals surface area contributed by atoms with Gasteiger partial charge in [0.2, 0.25) is 0 Å². The Morgan fingerprint density at radius 3 is 2.53 bits per heavy atom. The predicted octanol–water partition coefficient (Wildman–Crippen LogP) is 3.52. The zero-order valence-electron chi connectivity index (χ0n) is 12.7. The fourth-order valence-corrected chi connectivity index (χ4v) is 1.82. The second kappa shape index (κ2) is 7.17. The molecule has 1 aromatic carbocycles. The number of nitrogens with zero attached hydrogens (tertiary/aromatic N) is 1. The highest BCUT2D eigenvalue weighted by Gasteiger charge is 2.13. The van der Waals surface area contributed by atoms with Gasteiger partial charge in [-0.15, -0.1) is 0 Å². The normalized spacial score (nSPS) is 10.6. The van der Waals surface area contributed by atoms with Crippen molar-refractivity contribution >= 4 is 11.7 Å². The predicted molar refractivity (Wildman–Crippen MR) is 79.9 cm³/mol. The lowest BCUT2D eigenvalue weighted by Crippen LogP contribution is -2.13. The molecular weight excluding hydrogens is 238 g/mol. The molecular formula is C16H25NO2. The topological polar surface area (TPSA) is 29.5 Å². The van der Waals surface area contributed by atoms with Crippen molar-refractivity contribution in [2.75, 3.05) is 25.6 Å². The summed E-state index contributed by atoms with van der Waals surface area (Å²) in [6, 6.07) is 5.88. The first-order chi connectivity index (χ1) is 8.95. The molecule has 1 rings (SSSR count). The first kappa shape index (κ1) is 15.5. The Morgan fingerprint density at radius 1 is 1.32 bits per heavy atom.